The summed E-state index contributed by atoms with van der Waals surface area (Å²) in [5.41, 5.74) is 3.27. The molecule has 0 saturated heterocycles. The van der Waals surface area contributed by atoms with E-state index in [-0.39, 0.29) is 12.5 Å². The molecule has 0 aromatic heterocycles. The van der Waals surface area contributed by atoms with Crippen molar-refractivity contribution in [3.8, 4) is 0 Å². The molecule has 0 fully saturated rings. The molecular weight excluding hydrogens is 254 g/mol. The predicted octanol–water partition coefficient (Wildman–Crippen LogP) is 2.36. The summed E-state index contributed by atoms with van der Waals surface area (Å²) in [7, 11) is 1.65. The number of amides is 1. The fourth-order valence-corrected chi connectivity index (χ4v) is 2.66. The van der Waals surface area contributed by atoms with Gasteiger partial charge in [0.1, 0.15) is 0 Å². The summed E-state index contributed by atoms with van der Waals surface area (Å²) < 4.78 is 0. The summed E-state index contributed by atoms with van der Waals surface area (Å²) in [4.78, 5) is 24.7. The summed E-state index contributed by atoms with van der Waals surface area (Å²) in [6.07, 6.45) is 4.52. The van der Waals surface area contributed by atoms with E-state index in [1.165, 1.54) is 28.9 Å². The molecule has 2 rings (SSSR count). The second kappa shape index (κ2) is 6.07. The van der Waals surface area contributed by atoms with Gasteiger partial charge in [-0.15, -0.1) is 0 Å². The molecule has 108 valence electrons. The second-order valence-electron chi connectivity index (χ2n) is 5.62. The van der Waals surface area contributed by atoms with Gasteiger partial charge in [0.25, 0.3) is 5.91 Å². The summed E-state index contributed by atoms with van der Waals surface area (Å²) in [5.74, 6) is -1.54. The molecule has 0 spiro atoms. The van der Waals surface area contributed by atoms with Gasteiger partial charge in [0.05, 0.1) is 5.92 Å². The van der Waals surface area contributed by atoms with Gasteiger partial charge in [0.15, 0.2) is 0 Å². The Hall–Kier alpha value is -1.84. The first-order chi connectivity index (χ1) is 9.49. The molecule has 0 bridgehead atoms. The monoisotopic (exact) mass is 275 g/mol. The van der Waals surface area contributed by atoms with Crippen LogP contribution in [-0.4, -0.2) is 35.5 Å². The minimum Gasteiger partial charge on any atom is -0.481 e. The molecule has 4 nitrogen and oxygen atoms in total. The third-order valence-corrected chi connectivity index (χ3v) is 3.91. The van der Waals surface area contributed by atoms with Crippen LogP contribution >= 0.6 is 0 Å². The van der Waals surface area contributed by atoms with Gasteiger partial charge in [-0.1, -0.05) is 13.0 Å². The highest BCUT2D eigenvalue weighted by Crippen LogP contribution is 2.22. The van der Waals surface area contributed by atoms with Crippen LogP contribution in [0.25, 0.3) is 0 Å². The molecule has 0 saturated carbocycles. The number of hydrogen-bond acceptors (Lipinski definition) is 2. The van der Waals surface area contributed by atoms with Crippen LogP contribution in [0, 0.1) is 5.92 Å². The zero-order valence-corrected chi connectivity index (χ0v) is 12.1. The van der Waals surface area contributed by atoms with E-state index in [1.54, 1.807) is 14.0 Å². The molecule has 1 amide bonds. The highest BCUT2D eigenvalue weighted by Gasteiger charge is 2.19. The van der Waals surface area contributed by atoms with Gasteiger partial charge in [-0.3, -0.25) is 9.59 Å². The van der Waals surface area contributed by atoms with Crippen LogP contribution in [0.4, 0.5) is 0 Å². The summed E-state index contributed by atoms with van der Waals surface area (Å²) >= 11 is 0. The van der Waals surface area contributed by atoms with Crippen molar-refractivity contribution in [1.29, 1.82) is 0 Å². The largest absolute Gasteiger partial charge is 0.481 e. The van der Waals surface area contributed by atoms with Crippen LogP contribution in [0.2, 0.25) is 0 Å². The molecule has 0 heterocycles. The Morgan fingerprint density at radius 1 is 1.25 bits per heavy atom. The lowest BCUT2D eigenvalue weighted by atomic mass is 9.90. The average Bonchev–Trinajstić information content (AvgIpc) is 2.45. The molecule has 1 aromatic rings. The molecule has 1 aliphatic carbocycles. The van der Waals surface area contributed by atoms with E-state index < -0.39 is 11.9 Å². The van der Waals surface area contributed by atoms with Crippen molar-refractivity contribution in [3.63, 3.8) is 0 Å². The number of carbonyl (C=O) groups is 2. The van der Waals surface area contributed by atoms with Crippen molar-refractivity contribution < 1.29 is 14.7 Å². The number of benzene rings is 1. The predicted molar refractivity (Wildman–Crippen MR) is 76.8 cm³/mol. The maximum absolute atomic E-state index is 12.3. The van der Waals surface area contributed by atoms with Crippen LogP contribution < -0.4 is 0 Å². The molecule has 1 atom stereocenters. The first-order valence-electron chi connectivity index (χ1n) is 7.09. The van der Waals surface area contributed by atoms with Crippen LogP contribution in [0.1, 0.15) is 41.3 Å². The number of hydrogen-bond donors (Lipinski definition) is 1. The number of aliphatic carboxylic acids is 1. The molecule has 0 radical (unpaired) electrons. The Balaban J connectivity index is 2.10. The van der Waals surface area contributed by atoms with Crippen molar-refractivity contribution >= 4 is 11.9 Å². The van der Waals surface area contributed by atoms with Gasteiger partial charge >= 0.3 is 5.97 Å². The molecule has 1 aliphatic rings. The molecule has 0 aliphatic heterocycles. The van der Waals surface area contributed by atoms with Gasteiger partial charge in [0.2, 0.25) is 0 Å². The number of nitrogens with zero attached hydrogens (tertiary/aromatic N) is 1. The van der Waals surface area contributed by atoms with Crippen molar-refractivity contribution in [2.45, 2.75) is 32.6 Å². The molecule has 4 heteroatoms. The zero-order chi connectivity index (χ0) is 14.7. The van der Waals surface area contributed by atoms with Crippen molar-refractivity contribution in [3.05, 3.63) is 34.9 Å². The lowest BCUT2D eigenvalue weighted by Gasteiger charge is -2.21. The third kappa shape index (κ3) is 3.18. The molecule has 20 heavy (non-hydrogen) atoms. The van der Waals surface area contributed by atoms with E-state index in [9.17, 15) is 9.59 Å². The van der Waals surface area contributed by atoms with Crippen molar-refractivity contribution in [1.82, 2.24) is 4.90 Å². The quantitative estimate of drug-likeness (QED) is 0.917. The standard InChI is InChI=1S/C16H21NO3/c1-11(16(19)20)10-17(2)15(18)14-8-7-12-5-3-4-6-13(12)9-14/h7-9,11H,3-6,10H2,1-2H3,(H,19,20). The van der Waals surface area contributed by atoms with Crippen LogP contribution in [0.15, 0.2) is 18.2 Å². The summed E-state index contributed by atoms with van der Waals surface area (Å²) in [6.45, 7) is 1.84. The molecule has 1 aromatic carbocycles. The third-order valence-electron chi connectivity index (χ3n) is 3.91. The topological polar surface area (TPSA) is 57.6 Å². The van der Waals surface area contributed by atoms with E-state index in [0.717, 1.165) is 12.8 Å². The van der Waals surface area contributed by atoms with Gasteiger partial charge in [-0.05, 0) is 48.9 Å². The van der Waals surface area contributed by atoms with Gasteiger partial charge in [-0.25, -0.2) is 0 Å². The molecule has 1 unspecified atom stereocenters. The lowest BCUT2D eigenvalue weighted by Crippen LogP contribution is -2.33. The number of aryl methyl sites for hydroxylation is 2. The molecule has 1 N–H and O–H groups in total. The zero-order valence-electron chi connectivity index (χ0n) is 12.1. The number of rotatable bonds is 4. The normalized spacial score (nSPS) is 15.3. The smallest absolute Gasteiger partial charge is 0.308 e. The van der Waals surface area contributed by atoms with Crippen LogP contribution in [-0.2, 0) is 17.6 Å². The Kier molecular flexibility index (Phi) is 4.42. The Morgan fingerprint density at radius 3 is 2.55 bits per heavy atom. The first kappa shape index (κ1) is 14.6. The van der Waals surface area contributed by atoms with Crippen molar-refractivity contribution in [2.75, 3.05) is 13.6 Å². The van der Waals surface area contributed by atoms with Gasteiger partial charge in [-0.2, -0.15) is 0 Å². The summed E-state index contributed by atoms with van der Waals surface area (Å²) in [5, 5.41) is 8.90. The highest BCUT2D eigenvalue weighted by molar-refractivity contribution is 5.94. The minimum atomic E-state index is -0.880. The minimum absolute atomic E-state index is 0.105. The molecular formula is C16H21NO3. The van der Waals surface area contributed by atoms with E-state index in [1.807, 2.05) is 18.2 Å². The Morgan fingerprint density at radius 2 is 1.90 bits per heavy atom. The van der Waals surface area contributed by atoms with E-state index in [0.29, 0.717) is 5.56 Å². The average molecular weight is 275 g/mol. The Bertz CT molecular complexity index is 524. The maximum atomic E-state index is 12.3. The van der Waals surface area contributed by atoms with E-state index in [4.69, 9.17) is 5.11 Å². The highest BCUT2D eigenvalue weighted by atomic mass is 16.4. The lowest BCUT2D eigenvalue weighted by molar-refractivity contribution is -0.141. The van der Waals surface area contributed by atoms with Crippen molar-refractivity contribution in [2.24, 2.45) is 5.92 Å². The number of carboxylic acid groups (broad SMARTS) is 1. The maximum Gasteiger partial charge on any atom is 0.308 e. The second-order valence-corrected chi connectivity index (χ2v) is 5.62. The van der Waals surface area contributed by atoms with Crippen LogP contribution in [0.3, 0.4) is 0 Å². The van der Waals surface area contributed by atoms with Gasteiger partial charge in [0, 0.05) is 19.2 Å². The van der Waals surface area contributed by atoms with E-state index >= 15 is 0 Å². The first-order valence-corrected chi connectivity index (χ1v) is 7.09. The SMILES string of the molecule is CC(CN(C)C(=O)c1ccc2c(c1)CCCC2)C(=O)O. The van der Waals surface area contributed by atoms with Crippen LogP contribution in [0.5, 0.6) is 0 Å². The number of fused-ring (bicyclic) bond motifs is 1. The fraction of sp³-hybridized carbons (Fsp3) is 0.500. The number of carboxylic acids is 1. The van der Waals surface area contributed by atoms with Gasteiger partial charge < -0.3 is 10.0 Å². The fourth-order valence-electron chi connectivity index (χ4n) is 2.66. The summed E-state index contributed by atoms with van der Waals surface area (Å²) in [6, 6.07) is 5.86. The van der Waals surface area contributed by atoms with E-state index in [2.05, 4.69) is 0 Å². The number of carbonyl (C=O) groups excluding carboxylic acids is 1. The Labute approximate surface area is 119 Å².